The van der Waals surface area contributed by atoms with Gasteiger partial charge < -0.3 is 9.80 Å². The van der Waals surface area contributed by atoms with E-state index in [1.807, 2.05) is 25.7 Å². The van der Waals surface area contributed by atoms with Gasteiger partial charge in [0, 0.05) is 12.2 Å². The van der Waals surface area contributed by atoms with Gasteiger partial charge in [-0.25, -0.2) is 5.43 Å². The minimum absolute atomic E-state index is 0.0880. The Morgan fingerprint density at radius 1 is 1.52 bits per heavy atom. The third-order valence-electron chi connectivity index (χ3n) is 4.67. The van der Waals surface area contributed by atoms with Gasteiger partial charge in [0.2, 0.25) is 0 Å². The van der Waals surface area contributed by atoms with E-state index >= 15 is 0 Å². The number of amides is 1. The number of hydrazone groups is 1. The van der Waals surface area contributed by atoms with Crippen molar-refractivity contribution < 1.29 is 4.79 Å². The van der Waals surface area contributed by atoms with E-state index < -0.39 is 0 Å². The van der Waals surface area contributed by atoms with Gasteiger partial charge in [-0.3, -0.25) is 4.79 Å². The molecule has 5 heteroatoms. The van der Waals surface area contributed by atoms with E-state index in [1.165, 1.54) is 0 Å². The highest BCUT2D eigenvalue weighted by Crippen LogP contribution is 2.33. The number of allylic oxidation sites excluding steroid dienone is 3. The zero-order valence-corrected chi connectivity index (χ0v) is 15.9. The predicted octanol–water partition coefficient (Wildman–Crippen LogP) is 2.82. The van der Waals surface area contributed by atoms with E-state index in [2.05, 4.69) is 62.9 Å². The largest absolute Gasteiger partial charge is 0.320 e. The van der Waals surface area contributed by atoms with Gasteiger partial charge in [0.25, 0.3) is 5.91 Å². The molecule has 0 aromatic heterocycles. The van der Waals surface area contributed by atoms with Crippen LogP contribution in [0.2, 0.25) is 0 Å². The Bertz CT molecular complexity index is 531. The molecule has 0 saturated heterocycles. The second kappa shape index (κ2) is 7.30. The lowest BCUT2D eigenvalue weighted by Crippen LogP contribution is -2.50. The van der Waals surface area contributed by atoms with E-state index in [0.29, 0.717) is 5.92 Å². The van der Waals surface area contributed by atoms with Gasteiger partial charge in [-0.15, -0.1) is 0 Å². The van der Waals surface area contributed by atoms with Crippen LogP contribution < -0.4 is 5.43 Å². The molecule has 2 unspecified atom stereocenters. The highest BCUT2D eigenvalue weighted by atomic mass is 16.2. The summed E-state index contributed by atoms with van der Waals surface area (Å²) in [4.78, 5) is 16.0. The zero-order valence-electron chi connectivity index (χ0n) is 15.9. The average molecular weight is 320 g/mol. The van der Waals surface area contributed by atoms with Crippen molar-refractivity contribution in [2.24, 2.45) is 16.4 Å². The monoisotopic (exact) mass is 320 g/mol. The van der Waals surface area contributed by atoms with Crippen LogP contribution in [0.1, 0.15) is 41.5 Å². The molecular formula is C18H32N4O. The van der Waals surface area contributed by atoms with Crippen LogP contribution in [-0.2, 0) is 4.79 Å². The van der Waals surface area contributed by atoms with Gasteiger partial charge in [-0.05, 0) is 52.3 Å². The molecule has 0 aliphatic carbocycles. The fraction of sp³-hybridized carbons (Fsp3) is 0.667. The molecule has 0 saturated carbocycles. The average Bonchev–Trinajstić information content (AvgIpc) is 2.41. The number of nitrogens with zero attached hydrogens (tertiary/aromatic N) is 3. The fourth-order valence-corrected chi connectivity index (χ4v) is 3.16. The quantitative estimate of drug-likeness (QED) is 0.766. The summed E-state index contributed by atoms with van der Waals surface area (Å²) in [6.07, 6.45) is 2.08. The second-order valence-corrected chi connectivity index (χ2v) is 7.49. The highest BCUT2D eigenvalue weighted by molar-refractivity contribution is 5.93. The van der Waals surface area contributed by atoms with Crippen molar-refractivity contribution in [3.05, 3.63) is 23.9 Å². The van der Waals surface area contributed by atoms with Crippen LogP contribution in [0.3, 0.4) is 0 Å². The van der Waals surface area contributed by atoms with Crippen LogP contribution >= 0.6 is 0 Å². The van der Waals surface area contributed by atoms with E-state index in [-0.39, 0.29) is 17.4 Å². The lowest BCUT2D eigenvalue weighted by molar-refractivity contribution is -0.124. The zero-order chi connectivity index (χ0) is 17.9. The lowest BCUT2D eigenvalue weighted by atomic mass is 9.75. The maximum Gasteiger partial charge on any atom is 0.262 e. The van der Waals surface area contributed by atoms with Gasteiger partial charge in [0.15, 0.2) is 0 Å². The molecule has 1 aliphatic heterocycles. The summed E-state index contributed by atoms with van der Waals surface area (Å²) >= 11 is 0. The maximum atomic E-state index is 11.8. The summed E-state index contributed by atoms with van der Waals surface area (Å²) < 4.78 is 0. The summed E-state index contributed by atoms with van der Waals surface area (Å²) in [6, 6.07) is -0.262. The molecule has 0 aromatic rings. The minimum Gasteiger partial charge on any atom is -0.320 e. The van der Waals surface area contributed by atoms with Gasteiger partial charge in [0.1, 0.15) is 11.9 Å². The van der Waals surface area contributed by atoms with Crippen LogP contribution in [-0.4, -0.2) is 48.2 Å². The smallest absolute Gasteiger partial charge is 0.262 e. The van der Waals surface area contributed by atoms with Crippen molar-refractivity contribution >= 4 is 11.7 Å². The SMILES string of the molecule is C=C(C=C(C)N1C(C)=NNC(=O)C1C)C(C)C(C)(C)CN(C)C. The first-order valence-electron chi connectivity index (χ1n) is 8.12. The van der Waals surface area contributed by atoms with Crippen molar-refractivity contribution in [1.29, 1.82) is 0 Å². The van der Waals surface area contributed by atoms with Crippen molar-refractivity contribution in [3.63, 3.8) is 0 Å². The molecule has 130 valence electrons. The van der Waals surface area contributed by atoms with Crippen molar-refractivity contribution in [2.75, 3.05) is 20.6 Å². The van der Waals surface area contributed by atoms with E-state index in [1.54, 1.807) is 0 Å². The minimum atomic E-state index is -0.262. The molecule has 0 spiro atoms. The van der Waals surface area contributed by atoms with Crippen LogP contribution in [0.5, 0.6) is 0 Å². The second-order valence-electron chi connectivity index (χ2n) is 7.49. The molecule has 2 atom stereocenters. The summed E-state index contributed by atoms with van der Waals surface area (Å²) in [5.74, 6) is 1.03. The number of carbonyl (C=O) groups is 1. The summed E-state index contributed by atoms with van der Waals surface area (Å²) in [7, 11) is 4.18. The molecule has 0 fully saturated rings. The van der Waals surface area contributed by atoms with Crippen LogP contribution in [0, 0.1) is 11.3 Å². The third kappa shape index (κ3) is 4.67. The molecular weight excluding hydrogens is 288 g/mol. The van der Waals surface area contributed by atoms with Crippen molar-refractivity contribution in [1.82, 2.24) is 15.2 Å². The Balaban J connectivity index is 2.96. The van der Waals surface area contributed by atoms with Gasteiger partial charge in [0.05, 0.1) is 0 Å². The van der Waals surface area contributed by atoms with E-state index in [4.69, 9.17) is 0 Å². The number of amidine groups is 1. The number of carbonyl (C=O) groups excluding carboxylic acids is 1. The first-order chi connectivity index (χ1) is 10.5. The molecule has 1 amide bonds. The van der Waals surface area contributed by atoms with Crippen LogP contribution in [0.4, 0.5) is 0 Å². The molecule has 0 bridgehead atoms. The number of hydrogen-bond acceptors (Lipinski definition) is 4. The molecule has 1 heterocycles. The van der Waals surface area contributed by atoms with Crippen LogP contribution in [0.25, 0.3) is 0 Å². The topological polar surface area (TPSA) is 47.9 Å². The highest BCUT2D eigenvalue weighted by Gasteiger charge is 2.30. The molecule has 5 nitrogen and oxygen atoms in total. The number of rotatable bonds is 6. The molecule has 0 aromatic carbocycles. The van der Waals surface area contributed by atoms with Gasteiger partial charge in [-0.1, -0.05) is 32.9 Å². The fourth-order valence-electron chi connectivity index (χ4n) is 3.16. The van der Waals surface area contributed by atoms with Crippen molar-refractivity contribution in [2.45, 2.75) is 47.6 Å². The first kappa shape index (κ1) is 19.4. The standard InChI is InChI=1S/C18H32N4O/c1-12(14(3)18(6,7)11-21(8)9)10-13(2)22-15(4)17(23)20-19-16(22)5/h10,14-15H,1,11H2,2-9H3,(H,20,23). The summed E-state index contributed by atoms with van der Waals surface area (Å²) in [5.41, 5.74) is 4.72. The molecule has 1 aliphatic rings. The van der Waals surface area contributed by atoms with Crippen molar-refractivity contribution in [3.8, 4) is 0 Å². The number of hydrogen-bond donors (Lipinski definition) is 1. The van der Waals surface area contributed by atoms with E-state index in [9.17, 15) is 4.79 Å². The van der Waals surface area contributed by atoms with Crippen LogP contribution in [0.15, 0.2) is 29.0 Å². The predicted molar refractivity (Wildman–Crippen MR) is 96.9 cm³/mol. The maximum absolute atomic E-state index is 11.8. The molecule has 1 rings (SSSR count). The Kier molecular flexibility index (Phi) is 6.17. The van der Waals surface area contributed by atoms with Gasteiger partial charge in [-0.2, -0.15) is 5.10 Å². The summed E-state index contributed by atoms with van der Waals surface area (Å²) in [6.45, 7) is 17.8. The Morgan fingerprint density at radius 3 is 2.61 bits per heavy atom. The van der Waals surface area contributed by atoms with E-state index in [0.717, 1.165) is 23.7 Å². The number of nitrogens with one attached hydrogen (secondary N) is 1. The lowest BCUT2D eigenvalue weighted by Gasteiger charge is -2.36. The Labute approximate surface area is 141 Å². The Hall–Kier alpha value is -1.62. The summed E-state index contributed by atoms with van der Waals surface area (Å²) in [5, 5.41) is 4.07. The third-order valence-corrected chi connectivity index (χ3v) is 4.67. The van der Waals surface area contributed by atoms with Gasteiger partial charge >= 0.3 is 0 Å². The molecule has 23 heavy (non-hydrogen) atoms. The molecule has 1 N–H and O–H groups in total. The molecule has 0 radical (unpaired) electrons. The Morgan fingerprint density at radius 2 is 2.09 bits per heavy atom. The normalized spacial score (nSPS) is 21.2. The first-order valence-corrected chi connectivity index (χ1v) is 8.12.